The summed E-state index contributed by atoms with van der Waals surface area (Å²) < 4.78 is 3.31. The first kappa shape index (κ1) is 10.4. The van der Waals surface area contributed by atoms with E-state index in [1.54, 1.807) is 46.0 Å². The zero-order valence-corrected chi connectivity index (χ0v) is 10.2. The van der Waals surface area contributed by atoms with Gasteiger partial charge in [-0.1, -0.05) is 11.6 Å². The first-order valence-corrected chi connectivity index (χ1v) is 5.86. The van der Waals surface area contributed by atoms with Crippen LogP contribution in [0.2, 0.25) is 5.15 Å². The number of aromatic nitrogens is 7. The molecule has 4 aromatic rings. The van der Waals surface area contributed by atoms with Crippen LogP contribution in [0.1, 0.15) is 0 Å². The summed E-state index contributed by atoms with van der Waals surface area (Å²) in [5.74, 6) is 0.584. The highest BCUT2D eigenvalue weighted by molar-refractivity contribution is 6.29. The van der Waals surface area contributed by atoms with Crippen molar-refractivity contribution in [3.8, 4) is 11.4 Å². The average Bonchev–Trinajstić information content (AvgIpc) is 3.01. The number of hydrogen-bond donors (Lipinski definition) is 0. The molecule has 0 bridgehead atoms. The van der Waals surface area contributed by atoms with Crippen LogP contribution < -0.4 is 0 Å². The lowest BCUT2D eigenvalue weighted by atomic mass is 10.3. The Kier molecular flexibility index (Phi) is 2.04. The molecule has 4 heterocycles. The van der Waals surface area contributed by atoms with Crippen LogP contribution in [-0.4, -0.2) is 34.4 Å². The Morgan fingerprint density at radius 3 is 3.00 bits per heavy atom. The third-order valence-electron chi connectivity index (χ3n) is 2.80. The molecule has 0 aliphatic carbocycles. The second-order valence-electron chi connectivity index (χ2n) is 3.91. The van der Waals surface area contributed by atoms with Crippen LogP contribution in [-0.2, 0) is 0 Å². The molecule has 0 aromatic carbocycles. The van der Waals surface area contributed by atoms with E-state index in [-0.39, 0.29) is 0 Å². The van der Waals surface area contributed by atoms with E-state index in [1.807, 2.05) is 0 Å². The lowest BCUT2D eigenvalue weighted by molar-refractivity contribution is 0.937. The molecule has 0 amide bonds. The van der Waals surface area contributed by atoms with Gasteiger partial charge in [0, 0.05) is 12.4 Å². The first-order chi connectivity index (χ1) is 9.33. The topological polar surface area (TPSA) is 73.3 Å². The maximum Gasteiger partial charge on any atom is 0.189 e. The molecule has 0 saturated heterocycles. The second-order valence-corrected chi connectivity index (χ2v) is 4.30. The summed E-state index contributed by atoms with van der Waals surface area (Å²) in [5.41, 5.74) is 2.26. The van der Waals surface area contributed by atoms with Crippen LogP contribution in [0.4, 0.5) is 0 Å². The molecule has 0 fully saturated rings. The van der Waals surface area contributed by atoms with Crippen molar-refractivity contribution in [1.29, 1.82) is 0 Å². The maximum atomic E-state index is 5.91. The monoisotopic (exact) mass is 271 g/mol. The quantitative estimate of drug-likeness (QED) is 0.524. The van der Waals surface area contributed by atoms with E-state index in [4.69, 9.17) is 11.6 Å². The normalized spacial score (nSPS) is 11.4. The second kappa shape index (κ2) is 3.72. The van der Waals surface area contributed by atoms with Crippen molar-refractivity contribution in [3.05, 3.63) is 42.1 Å². The minimum absolute atomic E-state index is 0.378. The van der Waals surface area contributed by atoms with Gasteiger partial charge in [0.1, 0.15) is 5.15 Å². The summed E-state index contributed by atoms with van der Waals surface area (Å²) in [4.78, 5) is 4.09. The molecule has 0 N–H and O–H groups in total. The summed E-state index contributed by atoms with van der Waals surface area (Å²) in [6.45, 7) is 0. The van der Waals surface area contributed by atoms with Gasteiger partial charge in [-0.3, -0.25) is 4.98 Å². The summed E-state index contributed by atoms with van der Waals surface area (Å²) in [6, 6.07) is 3.43. The molecule has 0 saturated carbocycles. The van der Waals surface area contributed by atoms with Crippen LogP contribution in [0, 0.1) is 0 Å². The van der Waals surface area contributed by atoms with Gasteiger partial charge in [0.2, 0.25) is 0 Å². The zero-order chi connectivity index (χ0) is 12.8. The summed E-state index contributed by atoms with van der Waals surface area (Å²) in [6.07, 6.45) is 6.85. The number of hydrogen-bond acceptors (Lipinski definition) is 5. The maximum absolute atomic E-state index is 5.91. The molecule has 0 aliphatic heterocycles. The Balaban J connectivity index is 2.06. The van der Waals surface area contributed by atoms with Crippen LogP contribution in [0.5, 0.6) is 0 Å². The van der Waals surface area contributed by atoms with Crippen LogP contribution in [0.3, 0.4) is 0 Å². The fraction of sp³-hybridized carbons (Fsp3) is 0. The van der Waals surface area contributed by atoms with Gasteiger partial charge < -0.3 is 0 Å². The van der Waals surface area contributed by atoms with E-state index < -0.39 is 0 Å². The molecule has 0 radical (unpaired) electrons. The molecule has 0 aliphatic rings. The SMILES string of the molecule is Clc1ccc2nnc(-c3cnn4ccncc34)n2n1. The van der Waals surface area contributed by atoms with E-state index in [0.29, 0.717) is 16.6 Å². The Morgan fingerprint density at radius 1 is 1.11 bits per heavy atom. The molecule has 0 atom stereocenters. The average molecular weight is 272 g/mol. The highest BCUT2D eigenvalue weighted by Crippen LogP contribution is 2.22. The lowest BCUT2D eigenvalue weighted by Crippen LogP contribution is -1.95. The highest BCUT2D eigenvalue weighted by atomic mass is 35.5. The van der Waals surface area contributed by atoms with Crippen LogP contribution >= 0.6 is 11.6 Å². The molecule has 0 unspecified atom stereocenters. The molecule has 4 rings (SSSR count). The van der Waals surface area contributed by atoms with Crippen molar-refractivity contribution >= 4 is 22.8 Å². The molecule has 8 heteroatoms. The van der Waals surface area contributed by atoms with E-state index in [2.05, 4.69) is 25.4 Å². The van der Waals surface area contributed by atoms with Gasteiger partial charge in [0.25, 0.3) is 0 Å². The fourth-order valence-corrected chi connectivity index (χ4v) is 2.08. The molecular formula is C11H6ClN7. The van der Waals surface area contributed by atoms with Crippen molar-refractivity contribution in [2.75, 3.05) is 0 Å². The third-order valence-corrected chi connectivity index (χ3v) is 3.00. The molecule has 7 nitrogen and oxygen atoms in total. The lowest BCUT2D eigenvalue weighted by Gasteiger charge is -1.97. The number of nitrogens with zero attached hydrogens (tertiary/aromatic N) is 7. The van der Waals surface area contributed by atoms with Crippen molar-refractivity contribution in [3.63, 3.8) is 0 Å². The van der Waals surface area contributed by atoms with Crippen molar-refractivity contribution < 1.29 is 0 Å². The Bertz CT molecular complexity index is 894. The van der Waals surface area contributed by atoms with Crippen LogP contribution in [0.25, 0.3) is 22.6 Å². The zero-order valence-electron chi connectivity index (χ0n) is 9.47. The minimum Gasteiger partial charge on any atom is -0.261 e. The van der Waals surface area contributed by atoms with Crippen molar-refractivity contribution in [2.24, 2.45) is 0 Å². The van der Waals surface area contributed by atoms with Gasteiger partial charge in [-0.2, -0.15) is 14.7 Å². The third kappa shape index (κ3) is 1.48. The first-order valence-electron chi connectivity index (χ1n) is 5.48. The summed E-state index contributed by atoms with van der Waals surface area (Å²) in [5, 5.41) is 17.0. The van der Waals surface area contributed by atoms with Gasteiger partial charge in [0.15, 0.2) is 11.5 Å². The Morgan fingerprint density at radius 2 is 2.05 bits per heavy atom. The summed E-state index contributed by atoms with van der Waals surface area (Å²) in [7, 11) is 0. The highest BCUT2D eigenvalue weighted by Gasteiger charge is 2.14. The van der Waals surface area contributed by atoms with Gasteiger partial charge in [-0.05, 0) is 12.1 Å². The molecule has 0 spiro atoms. The Hall–Kier alpha value is -2.54. The molecule has 19 heavy (non-hydrogen) atoms. The smallest absolute Gasteiger partial charge is 0.189 e. The fourth-order valence-electron chi connectivity index (χ4n) is 1.94. The van der Waals surface area contributed by atoms with E-state index in [0.717, 1.165) is 11.1 Å². The Labute approximate surface area is 111 Å². The van der Waals surface area contributed by atoms with Crippen LogP contribution in [0.15, 0.2) is 36.9 Å². The predicted octanol–water partition coefficient (Wildman–Crippen LogP) is 1.49. The predicted molar refractivity (Wildman–Crippen MR) is 67.8 cm³/mol. The number of fused-ring (bicyclic) bond motifs is 2. The van der Waals surface area contributed by atoms with Gasteiger partial charge in [0.05, 0.1) is 23.5 Å². The minimum atomic E-state index is 0.378. The molecule has 92 valence electrons. The van der Waals surface area contributed by atoms with E-state index in [1.165, 1.54) is 0 Å². The van der Waals surface area contributed by atoms with Gasteiger partial charge in [-0.15, -0.1) is 10.2 Å². The number of rotatable bonds is 1. The van der Waals surface area contributed by atoms with Gasteiger partial charge in [-0.25, -0.2) is 4.52 Å². The summed E-state index contributed by atoms with van der Waals surface area (Å²) >= 11 is 5.91. The number of halogens is 1. The standard InChI is InChI=1S/C11H6ClN7/c12-9-1-2-10-15-16-11(19(10)17-9)7-5-14-18-4-3-13-6-8(7)18/h1-6H. The van der Waals surface area contributed by atoms with Crippen molar-refractivity contribution in [1.82, 2.24) is 34.4 Å². The van der Waals surface area contributed by atoms with E-state index in [9.17, 15) is 0 Å². The molecule has 4 aromatic heterocycles. The largest absolute Gasteiger partial charge is 0.261 e. The van der Waals surface area contributed by atoms with E-state index >= 15 is 0 Å². The van der Waals surface area contributed by atoms with Crippen molar-refractivity contribution in [2.45, 2.75) is 0 Å². The van der Waals surface area contributed by atoms with Gasteiger partial charge >= 0.3 is 0 Å². The molecular weight excluding hydrogens is 266 g/mol.